The van der Waals surface area contributed by atoms with Crippen molar-refractivity contribution in [3.8, 4) is 6.01 Å². The zero-order chi connectivity index (χ0) is 15.2. The molecule has 0 aliphatic heterocycles. The van der Waals surface area contributed by atoms with E-state index in [1.54, 1.807) is 29.3 Å². The molecule has 0 saturated carbocycles. The van der Waals surface area contributed by atoms with E-state index in [2.05, 4.69) is 25.3 Å². The summed E-state index contributed by atoms with van der Waals surface area (Å²) in [7, 11) is 5.10. The van der Waals surface area contributed by atoms with E-state index in [9.17, 15) is 4.79 Å². The van der Waals surface area contributed by atoms with E-state index >= 15 is 0 Å². The van der Waals surface area contributed by atoms with Gasteiger partial charge in [-0.2, -0.15) is 15.0 Å². The van der Waals surface area contributed by atoms with Gasteiger partial charge in [0.1, 0.15) is 5.69 Å². The van der Waals surface area contributed by atoms with E-state index in [-0.39, 0.29) is 18.5 Å². The third-order valence-electron chi connectivity index (χ3n) is 2.54. The summed E-state index contributed by atoms with van der Waals surface area (Å²) in [6.07, 6.45) is 1.56. The second kappa shape index (κ2) is 6.60. The van der Waals surface area contributed by atoms with Crippen molar-refractivity contribution in [2.75, 3.05) is 26.1 Å². The Labute approximate surface area is 122 Å². The van der Waals surface area contributed by atoms with Crippen molar-refractivity contribution in [2.45, 2.75) is 6.54 Å². The Balaban J connectivity index is 2.09. The Kier molecular flexibility index (Phi) is 4.60. The van der Waals surface area contributed by atoms with E-state index in [0.29, 0.717) is 17.5 Å². The van der Waals surface area contributed by atoms with E-state index < -0.39 is 0 Å². The van der Waals surface area contributed by atoms with E-state index in [1.807, 2.05) is 14.1 Å². The molecule has 0 fully saturated rings. The molecule has 2 aromatic heterocycles. The highest BCUT2D eigenvalue weighted by atomic mass is 16.5. The van der Waals surface area contributed by atoms with Crippen LogP contribution in [0.5, 0.6) is 6.01 Å². The van der Waals surface area contributed by atoms with Gasteiger partial charge in [0.05, 0.1) is 13.7 Å². The standard InChI is InChI=1S/C13H16N6O2/c1-19(2)12-16-10(17-13(18-12)21-3)8-15-11(20)9-6-4-5-7-14-9/h4-7H,8H2,1-3H3,(H,15,20). The highest BCUT2D eigenvalue weighted by Gasteiger charge is 2.11. The molecule has 0 spiro atoms. The van der Waals surface area contributed by atoms with Gasteiger partial charge in [-0.3, -0.25) is 9.78 Å². The van der Waals surface area contributed by atoms with Gasteiger partial charge >= 0.3 is 6.01 Å². The van der Waals surface area contributed by atoms with Gasteiger partial charge in [-0.25, -0.2) is 0 Å². The molecule has 8 nitrogen and oxygen atoms in total. The lowest BCUT2D eigenvalue weighted by molar-refractivity contribution is 0.0944. The minimum Gasteiger partial charge on any atom is -0.467 e. The van der Waals surface area contributed by atoms with Crippen molar-refractivity contribution in [2.24, 2.45) is 0 Å². The molecule has 1 amide bonds. The van der Waals surface area contributed by atoms with Crippen molar-refractivity contribution in [3.05, 3.63) is 35.9 Å². The normalized spacial score (nSPS) is 10.0. The van der Waals surface area contributed by atoms with Crippen molar-refractivity contribution >= 4 is 11.9 Å². The molecule has 2 heterocycles. The van der Waals surface area contributed by atoms with Crippen LogP contribution in [-0.2, 0) is 6.54 Å². The summed E-state index contributed by atoms with van der Waals surface area (Å²) in [6, 6.07) is 5.33. The molecular weight excluding hydrogens is 272 g/mol. The van der Waals surface area contributed by atoms with Crippen LogP contribution in [0.1, 0.15) is 16.3 Å². The molecule has 2 rings (SSSR count). The zero-order valence-electron chi connectivity index (χ0n) is 12.1. The molecule has 1 N–H and O–H groups in total. The number of hydrogen-bond acceptors (Lipinski definition) is 7. The average molecular weight is 288 g/mol. The molecule has 110 valence electrons. The Hall–Kier alpha value is -2.77. The smallest absolute Gasteiger partial charge is 0.321 e. The number of pyridine rings is 1. The topological polar surface area (TPSA) is 93.1 Å². The first-order valence-corrected chi connectivity index (χ1v) is 6.25. The van der Waals surface area contributed by atoms with Crippen molar-refractivity contribution in [3.63, 3.8) is 0 Å². The zero-order valence-corrected chi connectivity index (χ0v) is 12.1. The van der Waals surface area contributed by atoms with Gasteiger partial charge < -0.3 is 15.0 Å². The molecule has 0 aromatic carbocycles. The molecule has 0 unspecified atom stereocenters. The second-order valence-corrected chi connectivity index (χ2v) is 4.33. The summed E-state index contributed by atoms with van der Waals surface area (Å²) >= 11 is 0. The molecular formula is C13H16N6O2. The first-order chi connectivity index (χ1) is 10.1. The van der Waals surface area contributed by atoms with Crippen LogP contribution < -0.4 is 15.0 Å². The second-order valence-electron chi connectivity index (χ2n) is 4.33. The largest absolute Gasteiger partial charge is 0.467 e. The molecule has 0 aliphatic carbocycles. The maximum atomic E-state index is 11.9. The minimum absolute atomic E-state index is 0.162. The Morgan fingerprint density at radius 1 is 1.29 bits per heavy atom. The van der Waals surface area contributed by atoms with Gasteiger partial charge in [-0.1, -0.05) is 6.07 Å². The van der Waals surface area contributed by atoms with Crippen LogP contribution in [0.3, 0.4) is 0 Å². The molecule has 0 atom stereocenters. The number of amides is 1. The lowest BCUT2D eigenvalue weighted by atomic mass is 10.3. The fourth-order valence-corrected chi connectivity index (χ4v) is 1.50. The maximum Gasteiger partial charge on any atom is 0.321 e. The fourth-order valence-electron chi connectivity index (χ4n) is 1.50. The number of ether oxygens (including phenoxy) is 1. The SMILES string of the molecule is COc1nc(CNC(=O)c2ccccn2)nc(N(C)C)n1. The van der Waals surface area contributed by atoms with Gasteiger partial charge in [0, 0.05) is 20.3 Å². The summed E-state index contributed by atoms with van der Waals surface area (Å²) in [5.41, 5.74) is 0.339. The molecule has 0 saturated heterocycles. The van der Waals surface area contributed by atoms with E-state index in [0.717, 1.165) is 0 Å². The number of carbonyl (C=O) groups is 1. The number of aromatic nitrogens is 4. The van der Waals surface area contributed by atoms with Crippen LogP contribution in [0.4, 0.5) is 5.95 Å². The van der Waals surface area contributed by atoms with Gasteiger partial charge in [0.2, 0.25) is 5.95 Å². The monoisotopic (exact) mass is 288 g/mol. The summed E-state index contributed by atoms with van der Waals surface area (Å²) in [5.74, 6) is 0.583. The first kappa shape index (κ1) is 14.6. The lowest BCUT2D eigenvalue weighted by Gasteiger charge is -2.12. The van der Waals surface area contributed by atoms with Crippen molar-refractivity contribution in [1.29, 1.82) is 0 Å². The quantitative estimate of drug-likeness (QED) is 0.844. The van der Waals surface area contributed by atoms with Crippen molar-refractivity contribution in [1.82, 2.24) is 25.3 Å². The van der Waals surface area contributed by atoms with Crippen LogP contribution in [0.15, 0.2) is 24.4 Å². The third-order valence-corrected chi connectivity index (χ3v) is 2.54. The highest BCUT2D eigenvalue weighted by Crippen LogP contribution is 2.09. The van der Waals surface area contributed by atoms with Gasteiger partial charge in [0.15, 0.2) is 5.82 Å². The van der Waals surface area contributed by atoms with Crippen LogP contribution in [0.2, 0.25) is 0 Å². The van der Waals surface area contributed by atoms with Gasteiger partial charge in [-0.15, -0.1) is 0 Å². The summed E-state index contributed by atoms with van der Waals surface area (Å²) in [6.45, 7) is 0.162. The number of rotatable bonds is 5. The first-order valence-electron chi connectivity index (χ1n) is 6.25. The molecule has 0 bridgehead atoms. The average Bonchev–Trinajstić information content (AvgIpc) is 2.53. The number of hydrogen-bond donors (Lipinski definition) is 1. The summed E-state index contributed by atoms with van der Waals surface area (Å²) in [4.78, 5) is 30.0. The third kappa shape index (κ3) is 3.85. The molecule has 2 aromatic rings. The van der Waals surface area contributed by atoms with E-state index in [1.165, 1.54) is 7.11 Å². The predicted molar refractivity (Wildman–Crippen MR) is 76.1 cm³/mol. The maximum absolute atomic E-state index is 11.9. The number of methoxy groups -OCH3 is 1. The number of carbonyl (C=O) groups excluding carboxylic acids is 1. The minimum atomic E-state index is -0.290. The Morgan fingerprint density at radius 2 is 2.10 bits per heavy atom. The molecule has 21 heavy (non-hydrogen) atoms. The van der Waals surface area contributed by atoms with Crippen LogP contribution in [0.25, 0.3) is 0 Å². The predicted octanol–water partition coefficient (Wildman–Crippen LogP) is 0.271. The molecule has 0 radical (unpaired) electrons. The van der Waals surface area contributed by atoms with Crippen LogP contribution in [-0.4, -0.2) is 47.0 Å². The van der Waals surface area contributed by atoms with Crippen LogP contribution >= 0.6 is 0 Å². The van der Waals surface area contributed by atoms with Crippen molar-refractivity contribution < 1.29 is 9.53 Å². The Morgan fingerprint density at radius 3 is 2.71 bits per heavy atom. The van der Waals surface area contributed by atoms with Crippen LogP contribution in [0, 0.1) is 0 Å². The van der Waals surface area contributed by atoms with Gasteiger partial charge in [0.25, 0.3) is 5.91 Å². The molecule has 0 aliphatic rings. The van der Waals surface area contributed by atoms with E-state index in [4.69, 9.17) is 4.74 Å². The Bertz CT molecular complexity index is 617. The highest BCUT2D eigenvalue weighted by molar-refractivity contribution is 5.92. The molecule has 8 heteroatoms. The number of nitrogens with zero attached hydrogens (tertiary/aromatic N) is 5. The summed E-state index contributed by atoms with van der Waals surface area (Å²) < 4.78 is 5.02. The lowest BCUT2D eigenvalue weighted by Crippen LogP contribution is -2.25. The van der Waals surface area contributed by atoms with Gasteiger partial charge in [-0.05, 0) is 12.1 Å². The summed E-state index contributed by atoms with van der Waals surface area (Å²) in [5, 5.41) is 2.70. The number of anilines is 1. The fraction of sp³-hybridized carbons (Fsp3) is 0.308. The number of nitrogens with one attached hydrogen (secondary N) is 1.